The molecule has 2 aromatic rings. The predicted octanol–water partition coefficient (Wildman–Crippen LogP) is 3.14. The Balaban J connectivity index is 2.53. The fraction of sp³-hybridized carbons (Fsp3) is 0. The SMILES string of the molecule is Nc1cccc(Cl)c1S(=O)(=O)Nc1cc(F)cc(F)c1F. The first-order chi connectivity index (χ1) is 9.72. The van der Waals surface area contributed by atoms with E-state index in [0.29, 0.717) is 6.07 Å². The molecule has 112 valence electrons. The summed E-state index contributed by atoms with van der Waals surface area (Å²) >= 11 is 5.74. The molecule has 21 heavy (non-hydrogen) atoms. The topological polar surface area (TPSA) is 72.2 Å². The summed E-state index contributed by atoms with van der Waals surface area (Å²) in [6, 6.07) is 4.73. The van der Waals surface area contributed by atoms with Gasteiger partial charge < -0.3 is 5.73 Å². The van der Waals surface area contributed by atoms with E-state index in [-0.39, 0.29) is 16.8 Å². The van der Waals surface area contributed by atoms with Crippen LogP contribution in [0.15, 0.2) is 35.2 Å². The highest BCUT2D eigenvalue weighted by Crippen LogP contribution is 2.30. The van der Waals surface area contributed by atoms with Crippen LogP contribution in [0.5, 0.6) is 0 Å². The van der Waals surface area contributed by atoms with E-state index in [9.17, 15) is 21.6 Å². The third-order valence-electron chi connectivity index (χ3n) is 2.50. The molecule has 2 rings (SSSR count). The number of rotatable bonds is 3. The molecule has 0 atom stereocenters. The van der Waals surface area contributed by atoms with E-state index >= 15 is 0 Å². The maximum Gasteiger partial charge on any atom is 0.265 e. The van der Waals surface area contributed by atoms with Crippen LogP contribution in [0.3, 0.4) is 0 Å². The van der Waals surface area contributed by atoms with Crippen LogP contribution in [0.2, 0.25) is 5.02 Å². The molecule has 0 aromatic heterocycles. The standard InChI is InChI=1S/C12H8ClF3N2O2S/c13-7-2-1-3-9(17)12(7)21(19,20)18-10-5-6(14)4-8(15)11(10)16/h1-5,18H,17H2. The summed E-state index contributed by atoms with van der Waals surface area (Å²) in [7, 11) is -4.41. The third kappa shape index (κ3) is 3.06. The molecule has 2 aromatic carbocycles. The van der Waals surface area contributed by atoms with Crippen LogP contribution in [0.4, 0.5) is 24.5 Å². The normalized spacial score (nSPS) is 11.4. The number of anilines is 2. The Hall–Kier alpha value is -1.93. The fourth-order valence-corrected chi connectivity index (χ4v) is 3.36. The molecule has 0 unspecified atom stereocenters. The lowest BCUT2D eigenvalue weighted by atomic mass is 10.3. The lowest BCUT2D eigenvalue weighted by Gasteiger charge is -2.12. The van der Waals surface area contributed by atoms with Crippen molar-refractivity contribution in [3.8, 4) is 0 Å². The quantitative estimate of drug-likeness (QED) is 0.668. The highest BCUT2D eigenvalue weighted by Gasteiger charge is 2.23. The second-order valence-corrected chi connectivity index (χ2v) is 6.04. The van der Waals surface area contributed by atoms with Crippen molar-refractivity contribution in [1.82, 2.24) is 0 Å². The Bertz CT molecular complexity index is 792. The second kappa shape index (κ2) is 5.45. The third-order valence-corrected chi connectivity index (χ3v) is 4.41. The van der Waals surface area contributed by atoms with Gasteiger partial charge in [0.1, 0.15) is 10.7 Å². The highest BCUT2D eigenvalue weighted by molar-refractivity contribution is 7.93. The van der Waals surface area contributed by atoms with Crippen LogP contribution < -0.4 is 10.5 Å². The van der Waals surface area contributed by atoms with Crippen molar-refractivity contribution >= 4 is 33.0 Å². The van der Waals surface area contributed by atoms with Gasteiger partial charge >= 0.3 is 0 Å². The number of nitrogens with one attached hydrogen (secondary N) is 1. The van der Waals surface area contributed by atoms with Crippen molar-refractivity contribution in [2.45, 2.75) is 4.90 Å². The van der Waals surface area contributed by atoms with Gasteiger partial charge in [0.05, 0.1) is 16.4 Å². The first kappa shape index (κ1) is 15.5. The Morgan fingerprint density at radius 3 is 2.43 bits per heavy atom. The summed E-state index contributed by atoms with van der Waals surface area (Å²) in [5.41, 5.74) is 4.44. The molecular weight excluding hydrogens is 329 g/mol. The molecule has 0 aliphatic rings. The van der Waals surface area contributed by atoms with Crippen molar-refractivity contribution in [2.24, 2.45) is 0 Å². The summed E-state index contributed by atoms with van der Waals surface area (Å²) in [5.74, 6) is -4.20. The van der Waals surface area contributed by atoms with Gasteiger partial charge in [-0.15, -0.1) is 0 Å². The number of hydrogen-bond donors (Lipinski definition) is 2. The van der Waals surface area contributed by atoms with Crippen LogP contribution in [0.1, 0.15) is 0 Å². The lowest BCUT2D eigenvalue weighted by Crippen LogP contribution is -2.16. The molecule has 0 heterocycles. The van der Waals surface area contributed by atoms with E-state index in [1.807, 2.05) is 0 Å². The second-order valence-electron chi connectivity index (χ2n) is 4.01. The summed E-state index contributed by atoms with van der Waals surface area (Å²) in [6.07, 6.45) is 0. The minimum atomic E-state index is -4.41. The van der Waals surface area contributed by atoms with Gasteiger partial charge in [0, 0.05) is 12.1 Å². The maximum atomic E-state index is 13.5. The van der Waals surface area contributed by atoms with Gasteiger partial charge in [0.25, 0.3) is 10.0 Å². The number of hydrogen-bond acceptors (Lipinski definition) is 3. The van der Waals surface area contributed by atoms with Crippen molar-refractivity contribution < 1.29 is 21.6 Å². The number of sulfonamides is 1. The van der Waals surface area contributed by atoms with Gasteiger partial charge in [-0.2, -0.15) is 0 Å². The Kier molecular flexibility index (Phi) is 4.02. The average molecular weight is 337 g/mol. The molecule has 0 fully saturated rings. The molecule has 0 bridgehead atoms. The zero-order valence-electron chi connectivity index (χ0n) is 10.2. The highest BCUT2D eigenvalue weighted by atomic mass is 35.5. The molecule has 0 amide bonds. The van der Waals surface area contributed by atoms with E-state index in [2.05, 4.69) is 0 Å². The van der Waals surface area contributed by atoms with Crippen LogP contribution in [0, 0.1) is 17.5 Å². The van der Waals surface area contributed by atoms with E-state index in [4.69, 9.17) is 17.3 Å². The predicted molar refractivity (Wildman–Crippen MR) is 73.0 cm³/mol. The van der Waals surface area contributed by atoms with Gasteiger partial charge in [0.2, 0.25) is 0 Å². The van der Waals surface area contributed by atoms with E-state index < -0.39 is 38.1 Å². The van der Waals surface area contributed by atoms with Gasteiger partial charge in [-0.25, -0.2) is 21.6 Å². The van der Waals surface area contributed by atoms with Gasteiger partial charge in [0.15, 0.2) is 11.6 Å². The van der Waals surface area contributed by atoms with Gasteiger partial charge in [-0.3, -0.25) is 4.72 Å². The molecule has 0 saturated heterocycles. The lowest BCUT2D eigenvalue weighted by molar-refractivity contribution is 0.498. The molecule has 0 aliphatic heterocycles. The van der Waals surface area contributed by atoms with Crippen LogP contribution in [-0.2, 0) is 10.0 Å². The first-order valence-electron chi connectivity index (χ1n) is 5.43. The molecule has 9 heteroatoms. The molecule has 0 aliphatic carbocycles. The minimum Gasteiger partial charge on any atom is -0.398 e. The van der Waals surface area contributed by atoms with Crippen LogP contribution in [0.25, 0.3) is 0 Å². The van der Waals surface area contributed by atoms with E-state index in [0.717, 1.165) is 0 Å². The molecule has 0 spiro atoms. The average Bonchev–Trinajstić information content (AvgIpc) is 2.34. The van der Waals surface area contributed by atoms with Crippen molar-refractivity contribution in [2.75, 3.05) is 10.5 Å². The minimum absolute atomic E-state index is 0.188. The van der Waals surface area contributed by atoms with Crippen molar-refractivity contribution in [3.63, 3.8) is 0 Å². The van der Waals surface area contributed by atoms with Crippen molar-refractivity contribution in [1.29, 1.82) is 0 Å². The summed E-state index contributed by atoms with van der Waals surface area (Å²) < 4.78 is 65.6. The van der Waals surface area contributed by atoms with Gasteiger partial charge in [-0.05, 0) is 12.1 Å². The zero-order chi connectivity index (χ0) is 15.8. The van der Waals surface area contributed by atoms with E-state index in [1.54, 1.807) is 4.72 Å². The van der Waals surface area contributed by atoms with E-state index in [1.165, 1.54) is 18.2 Å². The maximum absolute atomic E-state index is 13.5. The molecule has 0 radical (unpaired) electrons. The molecule has 0 saturated carbocycles. The Labute approximate surface area is 123 Å². The molecule has 4 nitrogen and oxygen atoms in total. The smallest absolute Gasteiger partial charge is 0.265 e. The largest absolute Gasteiger partial charge is 0.398 e. The fourth-order valence-electron chi connectivity index (χ4n) is 1.64. The summed E-state index contributed by atoms with van der Waals surface area (Å²) in [5, 5.41) is -0.209. The monoisotopic (exact) mass is 336 g/mol. The summed E-state index contributed by atoms with van der Waals surface area (Å²) in [6.45, 7) is 0. The van der Waals surface area contributed by atoms with Crippen LogP contribution in [-0.4, -0.2) is 8.42 Å². The summed E-state index contributed by atoms with van der Waals surface area (Å²) in [4.78, 5) is -0.504. The Morgan fingerprint density at radius 1 is 1.14 bits per heavy atom. The first-order valence-corrected chi connectivity index (χ1v) is 7.30. The zero-order valence-corrected chi connectivity index (χ0v) is 11.8. The van der Waals surface area contributed by atoms with Crippen molar-refractivity contribution in [3.05, 3.63) is 52.8 Å². The number of benzene rings is 2. The molecule has 3 N–H and O–H groups in total. The Morgan fingerprint density at radius 2 is 1.81 bits per heavy atom. The number of halogens is 4. The number of nitrogen functional groups attached to an aromatic ring is 1. The molecular formula is C12H8ClF3N2O2S. The number of nitrogens with two attached hydrogens (primary N) is 1. The van der Waals surface area contributed by atoms with Gasteiger partial charge in [-0.1, -0.05) is 17.7 Å². The van der Waals surface area contributed by atoms with Crippen LogP contribution >= 0.6 is 11.6 Å².